The summed E-state index contributed by atoms with van der Waals surface area (Å²) in [6.45, 7) is 4.25. The van der Waals surface area contributed by atoms with E-state index in [1.165, 1.54) is 0 Å². The summed E-state index contributed by atoms with van der Waals surface area (Å²) in [5.74, 6) is 0.298. The summed E-state index contributed by atoms with van der Waals surface area (Å²) in [4.78, 5) is 0. The van der Waals surface area contributed by atoms with E-state index in [2.05, 4.69) is 29.8 Å². The Kier molecular flexibility index (Phi) is 4.74. The zero-order chi connectivity index (χ0) is 11.4. The highest BCUT2D eigenvalue weighted by atomic mass is 79.9. The Labute approximate surface area is 99.0 Å². The lowest BCUT2D eigenvalue weighted by atomic mass is 9.95. The summed E-state index contributed by atoms with van der Waals surface area (Å²) in [5, 5.41) is 0. The van der Waals surface area contributed by atoms with Crippen molar-refractivity contribution < 1.29 is 4.39 Å². The number of halogens is 2. The van der Waals surface area contributed by atoms with Crippen molar-refractivity contribution in [2.75, 3.05) is 0 Å². The fourth-order valence-electron chi connectivity index (χ4n) is 1.53. The van der Waals surface area contributed by atoms with Crippen LogP contribution in [-0.2, 0) is 0 Å². The first-order chi connectivity index (χ1) is 7.06. The van der Waals surface area contributed by atoms with Crippen LogP contribution in [0, 0.1) is 11.7 Å². The summed E-state index contributed by atoms with van der Waals surface area (Å²) in [6.07, 6.45) is 1.90. The summed E-state index contributed by atoms with van der Waals surface area (Å²) < 4.78 is 14.2. The normalized spacial score (nSPS) is 15.0. The van der Waals surface area contributed by atoms with Gasteiger partial charge in [-0.3, -0.25) is 0 Å². The lowest BCUT2D eigenvalue weighted by molar-refractivity contribution is 0.449. The van der Waals surface area contributed by atoms with Crippen LogP contribution in [0.4, 0.5) is 4.39 Å². The van der Waals surface area contributed by atoms with Crippen molar-refractivity contribution in [1.29, 1.82) is 0 Å². The Morgan fingerprint density at radius 1 is 1.47 bits per heavy atom. The molecule has 1 aromatic rings. The quantitative estimate of drug-likeness (QED) is 0.881. The van der Waals surface area contributed by atoms with E-state index >= 15 is 0 Å². The van der Waals surface area contributed by atoms with Crippen molar-refractivity contribution in [2.45, 2.75) is 32.7 Å². The molecule has 1 nitrogen and oxygen atoms in total. The first-order valence-electron chi connectivity index (χ1n) is 5.25. The van der Waals surface area contributed by atoms with Gasteiger partial charge in [0.05, 0.1) is 4.47 Å². The molecule has 0 aliphatic carbocycles. The average Bonchev–Trinajstić information content (AvgIpc) is 2.21. The van der Waals surface area contributed by atoms with E-state index in [0.29, 0.717) is 16.0 Å². The molecule has 3 heteroatoms. The van der Waals surface area contributed by atoms with E-state index in [0.717, 1.165) is 12.8 Å². The molecule has 0 saturated heterocycles. The van der Waals surface area contributed by atoms with Crippen molar-refractivity contribution in [3.63, 3.8) is 0 Å². The number of hydrogen-bond acceptors (Lipinski definition) is 1. The molecule has 2 atom stereocenters. The van der Waals surface area contributed by atoms with Gasteiger partial charge in [0.15, 0.2) is 0 Å². The molecular formula is C12H17BrFN. The van der Waals surface area contributed by atoms with Crippen molar-refractivity contribution in [3.05, 3.63) is 34.1 Å². The molecular weight excluding hydrogens is 257 g/mol. The Bertz CT molecular complexity index is 327. The van der Waals surface area contributed by atoms with Crippen molar-refractivity contribution in [1.82, 2.24) is 0 Å². The van der Waals surface area contributed by atoms with Gasteiger partial charge in [0, 0.05) is 11.6 Å². The SMILES string of the molecule is CCC(C)CC(N)c1cccc(Br)c1F. The molecule has 1 aromatic carbocycles. The van der Waals surface area contributed by atoms with Gasteiger partial charge >= 0.3 is 0 Å². The van der Waals surface area contributed by atoms with E-state index in [1.54, 1.807) is 12.1 Å². The molecule has 0 radical (unpaired) electrons. The Hall–Kier alpha value is -0.410. The first kappa shape index (κ1) is 12.7. The molecule has 0 heterocycles. The standard InChI is InChI=1S/C12H17BrFN/c1-3-8(2)7-11(15)9-5-4-6-10(13)12(9)14/h4-6,8,11H,3,7,15H2,1-2H3. The van der Waals surface area contributed by atoms with Crippen LogP contribution in [0.1, 0.15) is 38.3 Å². The van der Waals surface area contributed by atoms with Gasteiger partial charge < -0.3 is 5.73 Å². The van der Waals surface area contributed by atoms with Gasteiger partial charge in [0.2, 0.25) is 0 Å². The second kappa shape index (κ2) is 5.61. The molecule has 15 heavy (non-hydrogen) atoms. The van der Waals surface area contributed by atoms with Crippen molar-refractivity contribution in [2.24, 2.45) is 11.7 Å². The number of benzene rings is 1. The smallest absolute Gasteiger partial charge is 0.142 e. The molecule has 2 N–H and O–H groups in total. The van der Waals surface area contributed by atoms with Crippen LogP contribution in [0.2, 0.25) is 0 Å². The lowest BCUT2D eigenvalue weighted by Crippen LogP contribution is -2.15. The highest BCUT2D eigenvalue weighted by molar-refractivity contribution is 9.10. The third-order valence-corrected chi connectivity index (χ3v) is 3.35. The van der Waals surface area contributed by atoms with Crippen LogP contribution in [0.5, 0.6) is 0 Å². The molecule has 0 aliphatic rings. The maximum atomic E-state index is 13.7. The molecule has 2 unspecified atom stereocenters. The molecule has 0 bridgehead atoms. The molecule has 84 valence electrons. The summed E-state index contributed by atoms with van der Waals surface area (Å²) >= 11 is 3.17. The van der Waals surface area contributed by atoms with E-state index < -0.39 is 0 Å². The van der Waals surface area contributed by atoms with E-state index in [1.807, 2.05) is 6.07 Å². The zero-order valence-electron chi connectivity index (χ0n) is 9.13. The van der Waals surface area contributed by atoms with Crippen molar-refractivity contribution >= 4 is 15.9 Å². The van der Waals surface area contributed by atoms with Crippen LogP contribution >= 0.6 is 15.9 Å². The third kappa shape index (κ3) is 3.28. The second-order valence-corrected chi connectivity index (χ2v) is 4.85. The Balaban J connectivity index is 2.82. The first-order valence-corrected chi connectivity index (χ1v) is 6.05. The van der Waals surface area contributed by atoms with Crippen LogP contribution < -0.4 is 5.73 Å². The largest absolute Gasteiger partial charge is 0.324 e. The predicted octanol–water partition coefficient (Wildman–Crippen LogP) is 4.02. The van der Waals surface area contributed by atoms with Crippen LogP contribution in [0.15, 0.2) is 22.7 Å². The van der Waals surface area contributed by atoms with Gasteiger partial charge in [-0.2, -0.15) is 0 Å². The summed E-state index contributed by atoms with van der Waals surface area (Å²) in [7, 11) is 0. The van der Waals surface area contributed by atoms with Crippen LogP contribution in [-0.4, -0.2) is 0 Å². The molecule has 0 spiro atoms. The third-order valence-electron chi connectivity index (χ3n) is 2.73. The average molecular weight is 274 g/mol. The highest BCUT2D eigenvalue weighted by Gasteiger charge is 2.15. The Morgan fingerprint density at radius 2 is 2.13 bits per heavy atom. The highest BCUT2D eigenvalue weighted by Crippen LogP contribution is 2.26. The Morgan fingerprint density at radius 3 is 2.73 bits per heavy atom. The maximum absolute atomic E-state index is 13.7. The van der Waals surface area contributed by atoms with Crippen LogP contribution in [0.3, 0.4) is 0 Å². The van der Waals surface area contributed by atoms with Gasteiger partial charge in [0.25, 0.3) is 0 Å². The lowest BCUT2D eigenvalue weighted by Gasteiger charge is -2.17. The fourth-order valence-corrected chi connectivity index (χ4v) is 1.92. The van der Waals surface area contributed by atoms with Gasteiger partial charge in [-0.05, 0) is 34.3 Å². The van der Waals surface area contributed by atoms with Gasteiger partial charge in [0.1, 0.15) is 5.82 Å². The predicted molar refractivity (Wildman–Crippen MR) is 65.1 cm³/mol. The van der Waals surface area contributed by atoms with E-state index in [9.17, 15) is 4.39 Å². The topological polar surface area (TPSA) is 26.0 Å². The zero-order valence-corrected chi connectivity index (χ0v) is 10.7. The minimum atomic E-state index is -0.228. The van der Waals surface area contributed by atoms with Gasteiger partial charge in [-0.1, -0.05) is 32.4 Å². The molecule has 0 aromatic heterocycles. The summed E-state index contributed by atoms with van der Waals surface area (Å²) in [6, 6.07) is 5.05. The second-order valence-electron chi connectivity index (χ2n) is 4.00. The molecule has 0 aliphatic heterocycles. The number of rotatable bonds is 4. The number of hydrogen-bond donors (Lipinski definition) is 1. The monoisotopic (exact) mass is 273 g/mol. The van der Waals surface area contributed by atoms with E-state index in [4.69, 9.17) is 5.73 Å². The van der Waals surface area contributed by atoms with Crippen LogP contribution in [0.25, 0.3) is 0 Å². The van der Waals surface area contributed by atoms with Crippen molar-refractivity contribution in [3.8, 4) is 0 Å². The van der Waals surface area contributed by atoms with Gasteiger partial charge in [-0.15, -0.1) is 0 Å². The number of nitrogens with two attached hydrogens (primary N) is 1. The summed E-state index contributed by atoms with van der Waals surface area (Å²) in [5.41, 5.74) is 6.58. The molecule has 0 fully saturated rings. The van der Waals surface area contributed by atoms with Gasteiger partial charge in [-0.25, -0.2) is 4.39 Å². The maximum Gasteiger partial charge on any atom is 0.142 e. The van der Waals surface area contributed by atoms with E-state index in [-0.39, 0.29) is 11.9 Å². The molecule has 0 amide bonds. The molecule has 1 rings (SSSR count). The minimum absolute atomic E-state index is 0.211. The minimum Gasteiger partial charge on any atom is -0.324 e. The fraction of sp³-hybridized carbons (Fsp3) is 0.500. The molecule has 0 saturated carbocycles.